The second kappa shape index (κ2) is 9.98. The van der Waals surface area contributed by atoms with E-state index in [-0.39, 0.29) is 12.1 Å². The summed E-state index contributed by atoms with van der Waals surface area (Å²) >= 11 is 18.3. The second-order valence-electron chi connectivity index (χ2n) is 8.70. The largest absolute Gasteiger partial charge is 0.459 e. The predicted octanol–water partition coefficient (Wildman–Crippen LogP) is 6.51. The molecule has 37 heavy (non-hydrogen) atoms. The van der Waals surface area contributed by atoms with Gasteiger partial charge in [-0.25, -0.2) is 8.42 Å². The number of sulfonamides is 1. The summed E-state index contributed by atoms with van der Waals surface area (Å²) in [5.41, 5.74) is 3.55. The minimum Gasteiger partial charge on any atom is -0.459 e. The Morgan fingerprint density at radius 2 is 1.89 bits per heavy atom. The Hall–Kier alpha value is -3.11. The molecule has 2 N–H and O–H groups in total. The average Bonchev–Trinajstić information content (AvgIpc) is 3.45. The normalized spacial score (nSPS) is 17.6. The van der Waals surface area contributed by atoms with E-state index in [0.29, 0.717) is 32.4 Å². The van der Waals surface area contributed by atoms with Gasteiger partial charge in [0.25, 0.3) is 0 Å². The van der Waals surface area contributed by atoms with E-state index in [4.69, 9.17) is 39.8 Å². The van der Waals surface area contributed by atoms with Crippen molar-refractivity contribution in [3.05, 3.63) is 100.0 Å². The minimum absolute atomic E-state index is 0.303. The molecule has 2 aromatic heterocycles. The monoisotopic (exact) mass is 572 g/mol. The number of aryl methyl sites for hydroxylation is 1. The van der Waals surface area contributed by atoms with Crippen LogP contribution in [0.4, 0.5) is 11.4 Å². The Kier molecular flexibility index (Phi) is 6.89. The van der Waals surface area contributed by atoms with Crippen molar-refractivity contribution in [1.82, 2.24) is 10.3 Å². The first kappa shape index (κ1) is 25.5. The van der Waals surface area contributed by atoms with Crippen molar-refractivity contribution in [2.75, 3.05) is 15.9 Å². The molecule has 0 radical (unpaired) electrons. The molecule has 0 bridgehead atoms. The van der Waals surface area contributed by atoms with Gasteiger partial charge in [-0.2, -0.15) is 0 Å². The number of thiocarbonyl (C=S) groups is 1. The number of rotatable bonds is 6. The highest BCUT2D eigenvalue weighted by Gasteiger charge is 2.42. The molecule has 0 spiro atoms. The van der Waals surface area contributed by atoms with E-state index in [9.17, 15) is 8.42 Å². The number of hydrogen-bond acceptors (Lipinski definition) is 5. The van der Waals surface area contributed by atoms with Crippen LogP contribution in [0.1, 0.15) is 29.1 Å². The van der Waals surface area contributed by atoms with Gasteiger partial charge in [-0.05, 0) is 85.4 Å². The summed E-state index contributed by atoms with van der Waals surface area (Å²) in [7, 11) is -3.41. The van der Waals surface area contributed by atoms with Gasteiger partial charge in [0.05, 0.1) is 28.7 Å². The van der Waals surface area contributed by atoms with E-state index >= 15 is 0 Å². The topological polar surface area (TPSA) is 87.5 Å². The first-order valence-corrected chi connectivity index (χ1v) is 14.3. The number of benzene rings is 2. The first-order valence-electron chi connectivity index (χ1n) is 11.2. The van der Waals surface area contributed by atoms with Crippen molar-refractivity contribution in [2.24, 2.45) is 0 Å². The molecule has 1 aliphatic heterocycles. The molecule has 0 aliphatic carbocycles. The highest BCUT2D eigenvalue weighted by atomic mass is 35.5. The van der Waals surface area contributed by atoms with Crippen molar-refractivity contribution in [2.45, 2.75) is 19.0 Å². The van der Waals surface area contributed by atoms with Crippen LogP contribution < -0.4 is 14.9 Å². The highest BCUT2D eigenvalue weighted by molar-refractivity contribution is 7.92. The van der Waals surface area contributed by atoms with Gasteiger partial charge in [-0.1, -0.05) is 29.3 Å². The molecular weight excluding hydrogens is 551 g/mol. The summed E-state index contributed by atoms with van der Waals surface area (Å²) in [5.74, 6) is 1.25. The molecule has 4 aromatic rings. The maximum Gasteiger partial charge on any atom is 0.229 e. The number of nitrogens with zero attached hydrogens (tertiary/aromatic N) is 2. The number of nitrogens with one attached hydrogen (secondary N) is 2. The first-order chi connectivity index (χ1) is 17.6. The molecule has 2 aromatic carbocycles. The molecule has 1 fully saturated rings. The van der Waals surface area contributed by atoms with Crippen molar-refractivity contribution in [3.63, 3.8) is 0 Å². The van der Waals surface area contributed by atoms with Crippen molar-refractivity contribution in [3.8, 4) is 11.3 Å². The van der Waals surface area contributed by atoms with E-state index in [2.05, 4.69) is 15.0 Å². The minimum atomic E-state index is -3.41. The fraction of sp³-hybridized carbons (Fsp3) is 0.154. The zero-order valence-corrected chi connectivity index (χ0v) is 22.9. The maximum atomic E-state index is 11.8. The van der Waals surface area contributed by atoms with E-state index in [1.807, 2.05) is 60.4 Å². The van der Waals surface area contributed by atoms with Gasteiger partial charge < -0.3 is 14.6 Å². The quantitative estimate of drug-likeness (QED) is 0.255. The van der Waals surface area contributed by atoms with Crippen LogP contribution in [-0.4, -0.2) is 24.8 Å². The smallest absolute Gasteiger partial charge is 0.229 e. The van der Waals surface area contributed by atoms with Crippen LogP contribution in [-0.2, 0) is 10.0 Å². The molecule has 2 atom stereocenters. The number of anilines is 2. The molecule has 1 saturated heterocycles. The summed E-state index contributed by atoms with van der Waals surface area (Å²) < 4.78 is 32.4. The molecule has 11 heteroatoms. The summed E-state index contributed by atoms with van der Waals surface area (Å²) in [4.78, 5) is 6.51. The third-order valence-electron chi connectivity index (χ3n) is 6.00. The molecule has 5 rings (SSSR count). The molecule has 1 aliphatic rings. The number of pyridine rings is 1. The van der Waals surface area contributed by atoms with Gasteiger partial charge in [-0.3, -0.25) is 9.71 Å². The molecule has 0 amide bonds. The summed E-state index contributed by atoms with van der Waals surface area (Å²) in [5, 5.41) is 4.90. The van der Waals surface area contributed by atoms with Crippen LogP contribution in [0.25, 0.3) is 11.3 Å². The Labute approximate surface area is 230 Å². The standard InChI is InChI=1S/C26H22Cl2N4O3S2/c1-15-13-17(7-9-20(15)31-37(2,33)34)32-25(24(30-26(32)36)21-5-3-4-12-29-21)23-11-10-22(35-23)18-8-6-16(27)14-19(18)28/h3-14,24-25,31H,1-2H3,(H,30,36)/t24-,25+/m1/s1. The molecule has 3 heterocycles. The lowest BCUT2D eigenvalue weighted by Crippen LogP contribution is -2.29. The SMILES string of the molecule is Cc1cc(N2C(=S)N[C@H](c3ccccn3)[C@@H]2c2ccc(-c3ccc(Cl)cc3Cl)o2)ccc1NS(C)(=O)=O. The Morgan fingerprint density at radius 3 is 2.57 bits per heavy atom. The molecule has 7 nitrogen and oxygen atoms in total. The zero-order chi connectivity index (χ0) is 26.3. The third kappa shape index (κ3) is 5.31. The molecule has 190 valence electrons. The Morgan fingerprint density at radius 1 is 1.08 bits per heavy atom. The van der Waals surface area contributed by atoms with Gasteiger partial charge >= 0.3 is 0 Å². The summed E-state index contributed by atoms with van der Waals surface area (Å²) in [6, 6.07) is 19.5. The number of hydrogen-bond donors (Lipinski definition) is 2. The number of furan rings is 1. The van der Waals surface area contributed by atoms with Gasteiger partial charge in [0, 0.05) is 22.5 Å². The predicted molar refractivity (Wildman–Crippen MR) is 152 cm³/mol. The fourth-order valence-corrected chi connectivity index (χ4v) is 5.86. The lowest BCUT2D eigenvalue weighted by atomic mass is 10.0. The van der Waals surface area contributed by atoms with Crippen LogP contribution >= 0.6 is 35.4 Å². The lowest BCUT2D eigenvalue weighted by Gasteiger charge is -2.26. The van der Waals surface area contributed by atoms with Crippen LogP contribution in [0, 0.1) is 6.92 Å². The summed E-state index contributed by atoms with van der Waals surface area (Å²) in [6.45, 7) is 1.84. The molecule has 0 saturated carbocycles. The van der Waals surface area contributed by atoms with E-state index < -0.39 is 10.0 Å². The van der Waals surface area contributed by atoms with Crippen molar-refractivity contribution in [1.29, 1.82) is 0 Å². The van der Waals surface area contributed by atoms with Crippen LogP contribution in [0.5, 0.6) is 0 Å². The maximum absolute atomic E-state index is 11.8. The van der Waals surface area contributed by atoms with E-state index in [1.54, 1.807) is 24.4 Å². The van der Waals surface area contributed by atoms with Crippen LogP contribution in [0.3, 0.4) is 0 Å². The average molecular weight is 574 g/mol. The zero-order valence-electron chi connectivity index (χ0n) is 19.8. The van der Waals surface area contributed by atoms with Gasteiger partial charge in [0.15, 0.2) is 5.11 Å². The van der Waals surface area contributed by atoms with Crippen LogP contribution in [0.15, 0.2) is 77.3 Å². The van der Waals surface area contributed by atoms with Gasteiger partial charge in [-0.15, -0.1) is 0 Å². The van der Waals surface area contributed by atoms with E-state index in [0.717, 1.165) is 28.8 Å². The summed E-state index contributed by atoms with van der Waals surface area (Å²) in [6.07, 6.45) is 2.85. The second-order valence-corrected chi connectivity index (χ2v) is 11.7. The molecule has 0 unspecified atom stereocenters. The number of halogens is 2. The fourth-order valence-electron chi connectivity index (χ4n) is 4.38. The highest BCUT2D eigenvalue weighted by Crippen LogP contribution is 2.44. The van der Waals surface area contributed by atoms with Crippen molar-refractivity contribution >= 4 is 61.9 Å². The molecular formula is C26H22Cl2N4O3S2. The third-order valence-corrected chi connectivity index (χ3v) is 7.45. The number of aromatic nitrogens is 1. The van der Waals surface area contributed by atoms with E-state index in [1.165, 1.54) is 0 Å². The van der Waals surface area contributed by atoms with Gasteiger partial charge in [0.2, 0.25) is 10.0 Å². The van der Waals surface area contributed by atoms with Gasteiger partial charge in [0.1, 0.15) is 17.6 Å². The Balaban J connectivity index is 1.59. The van der Waals surface area contributed by atoms with Crippen LogP contribution in [0.2, 0.25) is 10.0 Å². The lowest BCUT2D eigenvalue weighted by molar-refractivity contribution is 0.439. The Bertz CT molecular complexity index is 1590. The van der Waals surface area contributed by atoms with Crippen molar-refractivity contribution < 1.29 is 12.8 Å².